The van der Waals surface area contributed by atoms with Gasteiger partial charge in [-0.05, 0) is 18.6 Å². The molecule has 0 aliphatic rings. The number of benzene rings is 1. The molecule has 0 unspecified atom stereocenters. The summed E-state index contributed by atoms with van der Waals surface area (Å²) in [4.78, 5) is 11.3. The van der Waals surface area contributed by atoms with E-state index in [1.165, 1.54) is 12.1 Å². The van der Waals surface area contributed by atoms with Crippen LogP contribution >= 0.6 is 0 Å². The minimum absolute atomic E-state index is 0.0462. The van der Waals surface area contributed by atoms with Crippen LogP contribution in [0.15, 0.2) is 18.2 Å². The van der Waals surface area contributed by atoms with E-state index in [-0.39, 0.29) is 17.9 Å². The molecule has 0 amide bonds. The lowest BCUT2D eigenvalue weighted by molar-refractivity contribution is -0.146. The van der Waals surface area contributed by atoms with Crippen molar-refractivity contribution in [2.24, 2.45) is 0 Å². The molecular formula is C13H14FNO3. The Balaban J connectivity index is 2.51. The number of rotatable bonds is 6. The third-order valence-corrected chi connectivity index (χ3v) is 2.19. The van der Waals surface area contributed by atoms with E-state index in [0.717, 1.165) is 18.9 Å². The molecule has 0 aliphatic carbocycles. The molecule has 0 N–H and O–H groups in total. The lowest BCUT2D eigenvalue weighted by Crippen LogP contribution is -2.16. The maximum Gasteiger partial charge on any atom is 0.344 e. The zero-order valence-electron chi connectivity index (χ0n) is 10.1. The van der Waals surface area contributed by atoms with Gasteiger partial charge in [-0.1, -0.05) is 19.4 Å². The van der Waals surface area contributed by atoms with E-state index in [1.54, 1.807) is 6.07 Å². The highest BCUT2D eigenvalue weighted by molar-refractivity contribution is 5.71. The number of unbranched alkanes of at least 4 members (excludes halogenated alkanes) is 1. The van der Waals surface area contributed by atoms with E-state index in [0.29, 0.717) is 6.61 Å². The zero-order chi connectivity index (χ0) is 13.4. The summed E-state index contributed by atoms with van der Waals surface area (Å²) in [6, 6.07) is 5.69. The molecule has 4 nitrogen and oxygen atoms in total. The molecule has 5 heteroatoms. The van der Waals surface area contributed by atoms with Crippen molar-refractivity contribution in [2.45, 2.75) is 19.8 Å². The largest absolute Gasteiger partial charge is 0.480 e. The molecule has 0 spiro atoms. The van der Waals surface area contributed by atoms with Crippen LogP contribution in [0.5, 0.6) is 5.75 Å². The van der Waals surface area contributed by atoms with Crippen LogP contribution in [0.1, 0.15) is 25.3 Å². The van der Waals surface area contributed by atoms with Crippen LogP contribution in [0, 0.1) is 17.1 Å². The van der Waals surface area contributed by atoms with Crippen LogP contribution in [0.3, 0.4) is 0 Å². The average molecular weight is 251 g/mol. The molecule has 0 atom stereocenters. The third-order valence-electron chi connectivity index (χ3n) is 2.19. The van der Waals surface area contributed by atoms with Crippen LogP contribution < -0.4 is 4.74 Å². The summed E-state index contributed by atoms with van der Waals surface area (Å²) in [5, 5.41) is 8.75. The number of carbonyl (C=O) groups is 1. The molecule has 0 heterocycles. The second kappa shape index (κ2) is 7.28. The maximum absolute atomic E-state index is 13.2. The number of ether oxygens (including phenoxy) is 2. The van der Waals surface area contributed by atoms with Crippen molar-refractivity contribution < 1.29 is 18.7 Å². The van der Waals surface area contributed by atoms with Gasteiger partial charge in [-0.15, -0.1) is 0 Å². The Kier molecular flexibility index (Phi) is 5.65. The Hall–Kier alpha value is -2.09. The van der Waals surface area contributed by atoms with Gasteiger partial charge in [0.05, 0.1) is 6.61 Å². The monoisotopic (exact) mass is 251 g/mol. The summed E-state index contributed by atoms with van der Waals surface area (Å²) in [7, 11) is 0. The first-order chi connectivity index (χ1) is 8.69. The van der Waals surface area contributed by atoms with Gasteiger partial charge in [-0.2, -0.15) is 5.26 Å². The Labute approximate surface area is 105 Å². The smallest absolute Gasteiger partial charge is 0.344 e. The van der Waals surface area contributed by atoms with Gasteiger partial charge in [0.1, 0.15) is 23.2 Å². The van der Waals surface area contributed by atoms with Crippen molar-refractivity contribution in [3.05, 3.63) is 29.6 Å². The number of hydrogen-bond acceptors (Lipinski definition) is 4. The molecule has 0 saturated heterocycles. The van der Waals surface area contributed by atoms with Gasteiger partial charge in [0, 0.05) is 0 Å². The lowest BCUT2D eigenvalue weighted by atomic mass is 10.2. The number of carbonyl (C=O) groups excluding carboxylic acids is 1. The molecule has 0 saturated carbocycles. The summed E-state index contributed by atoms with van der Waals surface area (Å²) in [6.45, 7) is 1.99. The highest BCUT2D eigenvalue weighted by Crippen LogP contribution is 2.20. The molecule has 0 fully saturated rings. The second-order valence-electron chi connectivity index (χ2n) is 3.59. The summed E-state index contributed by atoms with van der Waals surface area (Å²) >= 11 is 0. The SMILES string of the molecule is CCCCOC(=O)COc1cccc(F)c1C#N. The molecule has 0 aromatic heterocycles. The Bertz CT molecular complexity index is 454. The summed E-state index contributed by atoms with van der Waals surface area (Å²) in [5.74, 6) is -1.16. The number of hydrogen-bond donors (Lipinski definition) is 0. The molecule has 1 aromatic carbocycles. The molecule has 0 radical (unpaired) electrons. The van der Waals surface area contributed by atoms with Crippen LogP contribution in [0.4, 0.5) is 4.39 Å². The van der Waals surface area contributed by atoms with Crippen LogP contribution in [0.2, 0.25) is 0 Å². The van der Waals surface area contributed by atoms with E-state index in [4.69, 9.17) is 14.7 Å². The second-order valence-corrected chi connectivity index (χ2v) is 3.59. The minimum Gasteiger partial charge on any atom is -0.480 e. The standard InChI is InChI=1S/C13H14FNO3/c1-2-3-7-17-13(16)9-18-12-6-4-5-11(14)10(12)8-15/h4-6H,2-3,7,9H2,1H3. The average Bonchev–Trinajstić information content (AvgIpc) is 2.36. The highest BCUT2D eigenvalue weighted by Gasteiger charge is 2.11. The zero-order valence-corrected chi connectivity index (χ0v) is 10.1. The van der Waals surface area contributed by atoms with Crippen molar-refractivity contribution in [3.8, 4) is 11.8 Å². The summed E-state index contributed by atoms with van der Waals surface area (Å²) < 4.78 is 23.1. The Morgan fingerprint density at radius 2 is 2.28 bits per heavy atom. The van der Waals surface area contributed by atoms with Gasteiger partial charge in [-0.3, -0.25) is 0 Å². The van der Waals surface area contributed by atoms with Crippen molar-refractivity contribution in [2.75, 3.05) is 13.2 Å². The highest BCUT2D eigenvalue weighted by atomic mass is 19.1. The molecular weight excluding hydrogens is 237 g/mol. The van der Waals surface area contributed by atoms with Gasteiger partial charge in [0.2, 0.25) is 0 Å². The van der Waals surface area contributed by atoms with E-state index >= 15 is 0 Å². The van der Waals surface area contributed by atoms with E-state index in [9.17, 15) is 9.18 Å². The van der Waals surface area contributed by atoms with Crippen molar-refractivity contribution in [3.63, 3.8) is 0 Å². The molecule has 0 aliphatic heterocycles. The van der Waals surface area contributed by atoms with Gasteiger partial charge >= 0.3 is 5.97 Å². The topological polar surface area (TPSA) is 59.3 Å². The van der Waals surface area contributed by atoms with Crippen LogP contribution in [-0.4, -0.2) is 19.2 Å². The predicted molar refractivity (Wildman–Crippen MR) is 62.5 cm³/mol. The van der Waals surface area contributed by atoms with Crippen molar-refractivity contribution >= 4 is 5.97 Å². The number of nitrogens with zero attached hydrogens (tertiary/aromatic N) is 1. The van der Waals surface area contributed by atoms with Crippen molar-refractivity contribution in [1.82, 2.24) is 0 Å². The van der Waals surface area contributed by atoms with Crippen molar-refractivity contribution in [1.29, 1.82) is 5.26 Å². The Morgan fingerprint density at radius 1 is 1.50 bits per heavy atom. The normalized spacial score (nSPS) is 9.61. The van der Waals surface area contributed by atoms with E-state index < -0.39 is 11.8 Å². The van der Waals surface area contributed by atoms with Crippen LogP contribution in [0.25, 0.3) is 0 Å². The predicted octanol–water partition coefficient (Wildman–Crippen LogP) is 2.42. The molecule has 96 valence electrons. The number of esters is 1. The minimum atomic E-state index is -0.672. The molecule has 1 rings (SSSR count). The third kappa shape index (κ3) is 4.06. The number of nitriles is 1. The summed E-state index contributed by atoms with van der Waals surface area (Å²) in [6.07, 6.45) is 1.71. The van der Waals surface area contributed by atoms with E-state index in [1.807, 2.05) is 6.92 Å². The van der Waals surface area contributed by atoms with E-state index in [2.05, 4.69) is 0 Å². The first-order valence-corrected chi connectivity index (χ1v) is 5.66. The first kappa shape index (κ1) is 14.0. The van der Waals surface area contributed by atoms with Crippen LogP contribution in [-0.2, 0) is 9.53 Å². The van der Waals surface area contributed by atoms with Gasteiger partial charge < -0.3 is 9.47 Å². The first-order valence-electron chi connectivity index (χ1n) is 5.66. The molecule has 1 aromatic rings. The molecule has 0 bridgehead atoms. The summed E-state index contributed by atoms with van der Waals surface area (Å²) in [5.41, 5.74) is -0.209. The maximum atomic E-state index is 13.2. The fourth-order valence-electron chi connectivity index (χ4n) is 1.24. The van der Waals surface area contributed by atoms with Gasteiger partial charge in [0.25, 0.3) is 0 Å². The fraction of sp³-hybridized carbons (Fsp3) is 0.385. The quantitative estimate of drug-likeness (QED) is 0.575. The molecule has 18 heavy (non-hydrogen) atoms. The van der Waals surface area contributed by atoms with Gasteiger partial charge in [-0.25, -0.2) is 9.18 Å². The number of halogens is 1. The lowest BCUT2D eigenvalue weighted by Gasteiger charge is -2.08. The van der Waals surface area contributed by atoms with Gasteiger partial charge in [0.15, 0.2) is 6.61 Å². The Morgan fingerprint density at radius 3 is 2.94 bits per heavy atom. The fourth-order valence-corrected chi connectivity index (χ4v) is 1.24.